The highest BCUT2D eigenvalue weighted by molar-refractivity contribution is 5.78. The lowest BCUT2D eigenvalue weighted by Crippen LogP contribution is -2.42. The van der Waals surface area contributed by atoms with Crippen LogP contribution in [0.4, 0.5) is 0 Å². The quantitative estimate of drug-likeness (QED) is 0.847. The Balaban J connectivity index is 1.58. The van der Waals surface area contributed by atoms with E-state index in [0.29, 0.717) is 31.9 Å². The fraction of sp³-hybridized carbons (Fsp3) is 0.706. The molecular weight excluding hydrogens is 292 g/mol. The van der Waals surface area contributed by atoms with Crippen LogP contribution >= 0.6 is 0 Å². The van der Waals surface area contributed by atoms with Crippen LogP contribution in [0.5, 0.6) is 0 Å². The smallest absolute Gasteiger partial charge is 0.226 e. The highest BCUT2D eigenvalue weighted by Gasteiger charge is 2.28. The molecule has 0 radical (unpaired) electrons. The summed E-state index contributed by atoms with van der Waals surface area (Å²) in [7, 11) is 0. The largest absolute Gasteiger partial charge is 0.366 e. The van der Waals surface area contributed by atoms with E-state index < -0.39 is 0 Å². The molecule has 0 spiro atoms. The summed E-state index contributed by atoms with van der Waals surface area (Å²) in [5, 5.41) is 7.22. The molecule has 1 amide bonds. The Hall–Kier alpha value is -1.69. The molecule has 1 fully saturated rings. The normalized spacial score (nSPS) is 22.0. The molecule has 0 saturated carbocycles. The first-order valence-corrected chi connectivity index (χ1v) is 8.74. The van der Waals surface area contributed by atoms with Gasteiger partial charge in [0.25, 0.3) is 0 Å². The van der Waals surface area contributed by atoms with Crippen molar-refractivity contribution < 1.29 is 9.53 Å². The van der Waals surface area contributed by atoms with Gasteiger partial charge < -0.3 is 9.64 Å². The van der Waals surface area contributed by atoms with Gasteiger partial charge in [0, 0.05) is 19.4 Å². The summed E-state index contributed by atoms with van der Waals surface area (Å²) in [5.74, 6) is 1.76. The number of amides is 1. The molecule has 1 atom stereocenters. The summed E-state index contributed by atoms with van der Waals surface area (Å²) in [6, 6.07) is 0. The monoisotopic (exact) mass is 318 g/mol. The van der Waals surface area contributed by atoms with Crippen LogP contribution in [0.1, 0.15) is 63.2 Å². The molecule has 1 aromatic rings. The van der Waals surface area contributed by atoms with E-state index in [1.165, 1.54) is 18.4 Å². The first-order chi connectivity index (χ1) is 11.3. The Morgan fingerprint density at radius 3 is 3.17 bits per heavy atom. The van der Waals surface area contributed by atoms with Crippen molar-refractivity contribution in [2.45, 2.75) is 58.0 Å². The van der Waals surface area contributed by atoms with Crippen LogP contribution in [0, 0.1) is 0 Å². The molecule has 23 heavy (non-hydrogen) atoms. The molecule has 0 bridgehead atoms. The van der Waals surface area contributed by atoms with E-state index in [1.807, 2.05) is 4.90 Å². The molecule has 0 aromatic carbocycles. The van der Waals surface area contributed by atoms with Gasteiger partial charge in [-0.1, -0.05) is 18.6 Å². The van der Waals surface area contributed by atoms with Crippen molar-refractivity contribution >= 4 is 5.91 Å². The topological polar surface area (TPSA) is 71.1 Å². The van der Waals surface area contributed by atoms with Gasteiger partial charge in [0.1, 0.15) is 11.9 Å². The maximum Gasteiger partial charge on any atom is 0.226 e. The number of aromatic amines is 1. The average Bonchev–Trinajstić information content (AvgIpc) is 3.05. The number of nitrogens with one attached hydrogen (secondary N) is 1. The van der Waals surface area contributed by atoms with Gasteiger partial charge in [-0.15, -0.1) is 0 Å². The van der Waals surface area contributed by atoms with Crippen LogP contribution in [-0.4, -0.2) is 45.7 Å². The number of aromatic nitrogens is 3. The van der Waals surface area contributed by atoms with E-state index in [0.717, 1.165) is 31.5 Å². The second-order valence-electron chi connectivity index (χ2n) is 6.37. The molecular formula is C17H26N4O2. The van der Waals surface area contributed by atoms with Gasteiger partial charge >= 0.3 is 0 Å². The number of aryl methyl sites for hydroxylation is 1. The minimum absolute atomic E-state index is 0.204. The molecule has 2 heterocycles. The van der Waals surface area contributed by atoms with Crippen molar-refractivity contribution in [2.24, 2.45) is 0 Å². The number of rotatable bonds is 5. The maximum atomic E-state index is 12.5. The number of hydrogen-bond acceptors (Lipinski definition) is 4. The van der Waals surface area contributed by atoms with E-state index >= 15 is 0 Å². The van der Waals surface area contributed by atoms with Crippen molar-refractivity contribution in [2.75, 3.05) is 19.7 Å². The molecule has 1 aliphatic carbocycles. The standard InChI is InChI=1S/C17H26N4O2/c1-2-6-15-18-17(20-19-15)14-12-21(9-10-23-14)16(22)11-13-7-4-3-5-8-13/h7,14H,2-6,8-12H2,1H3,(H,18,19,20). The minimum Gasteiger partial charge on any atom is -0.366 e. The number of carbonyl (C=O) groups excluding carboxylic acids is 1. The fourth-order valence-corrected chi connectivity index (χ4v) is 3.21. The molecule has 1 unspecified atom stereocenters. The summed E-state index contributed by atoms with van der Waals surface area (Å²) >= 11 is 0. The number of carbonyl (C=O) groups is 1. The van der Waals surface area contributed by atoms with Crippen molar-refractivity contribution in [3.63, 3.8) is 0 Å². The Bertz CT molecular complexity index is 567. The zero-order valence-corrected chi connectivity index (χ0v) is 13.9. The molecule has 6 nitrogen and oxygen atoms in total. The number of morpholine rings is 1. The van der Waals surface area contributed by atoms with Gasteiger partial charge in [-0.2, -0.15) is 5.10 Å². The molecule has 1 aromatic heterocycles. The molecule has 1 N–H and O–H groups in total. The summed E-state index contributed by atoms with van der Waals surface area (Å²) < 4.78 is 5.77. The summed E-state index contributed by atoms with van der Waals surface area (Å²) in [5.41, 5.74) is 1.30. The van der Waals surface area contributed by atoms with E-state index in [-0.39, 0.29) is 12.0 Å². The third-order valence-electron chi connectivity index (χ3n) is 4.51. The van der Waals surface area contributed by atoms with Gasteiger partial charge in [0.2, 0.25) is 5.91 Å². The maximum absolute atomic E-state index is 12.5. The third kappa shape index (κ3) is 4.19. The average molecular weight is 318 g/mol. The summed E-state index contributed by atoms with van der Waals surface area (Å²) in [6.07, 6.45) is 9.15. The van der Waals surface area contributed by atoms with Crippen molar-refractivity contribution in [3.05, 3.63) is 23.3 Å². The van der Waals surface area contributed by atoms with Crippen LogP contribution in [0.25, 0.3) is 0 Å². The number of hydrogen-bond donors (Lipinski definition) is 1. The Morgan fingerprint density at radius 2 is 2.39 bits per heavy atom. The predicted molar refractivity (Wildman–Crippen MR) is 86.8 cm³/mol. The van der Waals surface area contributed by atoms with Gasteiger partial charge in [0.15, 0.2) is 5.82 Å². The zero-order chi connectivity index (χ0) is 16.1. The lowest BCUT2D eigenvalue weighted by Gasteiger charge is -2.32. The number of allylic oxidation sites excluding steroid dienone is 1. The molecule has 2 aliphatic rings. The van der Waals surface area contributed by atoms with Crippen molar-refractivity contribution in [3.8, 4) is 0 Å². The fourth-order valence-electron chi connectivity index (χ4n) is 3.21. The highest BCUT2D eigenvalue weighted by atomic mass is 16.5. The van der Waals surface area contributed by atoms with Gasteiger partial charge in [0.05, 0.1) is 13.2 Å². The van der Waals surface area contributed by atoms with Crippen LogP contribution in [-0.2, 0) is 16.0 Å². The molecule has 1 aliphatic heterocycles. The second kappa shape index (κ2) is 7.73. The van der Waals surface area contributed by atoms with Crippen molar-refractivity contribution in [1.82, 2.24) is 20.1 Å². The molecule has 1 saturated heterocycles. The minimum atomic E-state index is -0.213. The third-order valence-corrected chi connectivity index (χ3v) is 4.51. The first kappa shape index (κ1) is 16.2. The summed E-state index contributed by atoms with van der Waals surface area (Å²) in [6.45, 7) is 3.87. The number of ether oxygens (including phenoxy) is 1. The van der Waals surface area contributed by atoms with Crippen LogP contribution in [0.2, 0.25) is 0 Å². The van der Waals surface area contributed by atoms with Gasteiger partial charge in [-0.3, -0.25) is 9.89 Å². The van der Waals surface area contributed by atoms with Crippen molar-refractivity contribution in [1.29, 1.82) is 0 Å². The highest BCUT2D eigenvalue weighted by Crippen LogP contribution is 2.24. The molecule has 126 valence electrons. The summed E-state index contributed by atoms with van der Waals surface area (Å²) in [4.78, 5) is 18.9. The Labute approximate surface area is 137 Å². The zero-order valence-electron chi connectivity index (χ0n) is 13.9. The van der Waals surface area contributed by atoms with Crippen LogP contribution in [0.15, 0.2) is 11.6 Å². The predicted octanol–water partition coefficient (Wildman–Crippen LogP) is 2.55. The van der Waals surface area contributed by atoms with E-state index in [2.05, 4.69) is 28.2 Å². The second-order valence-corrected chi connectivity index (χ2v) is 6.37. The Kier molecular flexibility index (Phi) is 5.43. The first-order valence-electron chi connectivity index (χ1n) is 8.74. The molecule has 3 rings (SSSR count). The van der Waals surface area contributed by atoms with Gasteiger partial charge in [-0.05, 0) is 32.1 Å². The Morgan fingerprint density at radius 1 is 1.48 bits per heavy atom. The van der Waals surface area contributed by atoms with Crippen LogP contribution in [0.3, 0.4) is 0 Å². The SMILES string of the molecule is CCCc1nc(C2CN(C(=O)CC3=CCCCC3)CCO2)n[nH]1. The van der Waals surface area contributed by atoms with E-state index in [4.69, 9.17) is 4.74 Å². The lowest BCUT2D eigenvalue weighted by molar-refractivity contribution is -0.138. The van der Waals surface area contributed by atoms with E-state index in [9.17, 15) is 4.79 Å². The van der Waals surface area contributed by atoms with E-state index in [1.54, 1.807) is 0 Å². The lowest BCUT2D eigenvalue weighted by atomic mass is 9.97. The van der Waals surface area contributed by atoms with Crippen LogP contribution < -0.4 is 0 Å². The number of nitrogens with zero attached hydrogens (tertiary/aromatic N) is 3. The number of H-pyrrole nitrogens is 1. The van der Waals surface area contributed by atoms with Gasteiger partial charge in [-0.25, -0.2) is 4.98 Å². The molecule has 6 heteroatoms.